The Kier molecular flexibility index (Phi) is 2.91. The lowest BCUT2D eigenvalue weighted by Crippen LogP contribution is -1.99. The van der Waals surface area contributed by atoms with E-state index in [2.05, 4.69) is 40.7 Å². The number of hydrogen-bond donors (Lipinski definition) is 1. The molecule has 0 spiro atoms. The molecular formula is C14H14N4S. The maximum atomic E-state index is 5.96. The Bertz CT molecular complexity index is 731. The van der Waals surface area contributed by atoms with Gasteiger partial charge in [-0.3, -0.25) is 4.40 Å². The SMILES string of the molecule is CSc1ccc(-c2nnc3ccc(N)c(C)n23)cc1. The highest BCUT2D eigenvalue weighted by Crippen LogP contribution is 2.24. The van der Waals surface area contributed by atoms with Crippen molar-refractivity contribution in [3.8, 4) is 11.4 Å². The first kappa shape index (κ1) is 12.0. The number of pyridine rings is 1. The number of rotatable bonds is 2. The van der Waals surface area contributed by atoms with Gasteiger partial charge < -0.3 is 5.73 Å². The molecule has 0 unspecified atom stereocenters. The Morgan fingerprint density at radius 1 is 1.05 bits per heavy atom. The van der Waals surface area contributed by atoms with E-state index < -0.39 is 0 Å². The van der Waals surface area contributed by atoms with E-state index in [9.17, 15) is 0 Å². The molecule has 0 fully saturated rings. The lowest BCUT2D eigenvalue weighted by molar-refractivity contribution is 1.08. The highest BCUT2D eigenvalue weighted by molar-refractivity contribution is 7.98. The molecule has 0 bridgehead atoms. The van der Waals surface area contributed by atoms with Crippen LogP contribution in [0.5, 0.6) is 0 Å². The Labute approximate surface area is 115 Å². The van der Waals surface area contributed by atoms with Crippen molar-refractivity contribution in [3.63, 3.8) is 0 Å². The number of aryl methyl sites for hydroxylation is 1. The molecule has 3 rings (SSSR count). The van der Waals surface area contributed by atoms with Crippen LogP contribution in [0.4, 0.5) is 5.69 Å². The zero-order valence-corrected chi connectivity index (χ0v) is 11.6. The van der Waals surface area contributed by atoms with E-state index in [1.165, 1.54) is 4.90 Å². The normalized spacial score (nSPS) is 11.1. The highest BCUT2D eigenvalue weighted by atomic mass is 32.2. The quantitative estimate of drug-likeness (QED) is 0.727. The molecular weight excluding hydrogens is 256 g/mol. The van der Waals surface area contributed by atoms with Crippen LogP contribution in [0, 0.1) is 6.92 Å². The van der Waals surface area contributed by atoms with Gasteiger partial charge >= 0.3 is 0 Å². The molecule has 4 nitrogen and oxygen atoms in total. The minimum absolute atomic E-state index is 0.745. The molecule has 0 aliphatic carbocycles. The minimum Gasteiger partial charge on any atom is -0.397 e. The van der Waals surface area contributed by atoms with Gasteiger partial charge in [-0.15, -0.1) is 22.0 Å². The second-order valence-electron chi connectivity index (χ2n) is 4.32. The number of thioether (sulfide) groups is 1. The van der Waals surface area contributed by atoms with Gasteiger partial charge in [-0.2, -0.15) is 0 Å². The van der Waals surface area contributed by atoms with Gasteiger partial charge in [-0.05, 0) is 37.4 Å². The lowest BCUT2D eigenvalue weighted by atomic mass is 10.2. The average Bonchev–Trinajstić information content (AvgIpc) is 2.88. The van der Waals surface area contributed by atoms with Gasteiger partial charge in [0.15, 0.2) is 11.5 Å². The molecule has 0 saturated heterocycles. The van der Waals surface area contributed by atoms with Crippen LogP contribution >= 0.6 is 11.8 Å². The second kappa shape index (κ2) is 4.59. The van der Waals surface area contributed by atoms with Crippen LogP contribution in [0.15, 0.2) is 41.3 Å². The topological polar surface area (TPSA) is 56.2 Å². The average molecular weight is 270 g/mol. The highest BCUT2D eigenvalue weighted by Gasteiger charge is 2.11. The number of aromatic nitrogens is 3. The van der Waals surface area contributed by atoms with Crippen LogP contribution in [0.1, 0.15) is 5.69 Å². The summed E-state index contributed by atoms with van der Waals surface area (Å²) in [7, 11) is 0. The molecule has 2 heterocycles. The summed E-state index contributed by atoms with van der Waals surface area (Å²) in [6, 6.07) is 12.0. The number of hydrogen-bond acceptors (Lipinski definition) is 4. The summed E-state index contributed by atoms with van der Waals surface area (Å²) in [5.74, 6) is 0.826. The number of anilines is 1. The van der Waals surface area contributed by atoms with Gasteiger partial charge in [0.25, 0.3) is 0 Å². The Hall–Kier alpha value is -2.01. The fraction of sp³-hybridized carbons (Fsp3) is 0.143. The first-order valence-electron chi connectivity index (χ1n) is 5.95. The number of benzene rings is 1. The molecule has 3 aromatic rings. The van der Waals surface area contributed by atoms with E-state index in [1.54, 1.807) is 11.8 Å². The predicted molar refractivity (Wildman–Crippen MR) is 79.4 cm³/mol. The summed E-state index contributed by atoms with van der Waals surface area (Å²) in [6.07, 6.45) is 2.06. The van der Waals surface area contributed by atoms with Crippen molar-refractivity contribution in [2.24, 2.45) is 0 Å². The fourth-order valence-corrected chi connectivity index (χ4v) is 2.48. The first-order valence-corrected chi connectivity index (χ1v) is 7.18. The van der Waals surface area contributed by atoms with Gasteiger partial charge in [0.2, 0.25) is 0 Å². The largest absolute Gasteiger partial charge is 0.397 e. The van der Waals surface area contributed by atoms with Crippen LogP contribution < -0.4 is 5.73 Å². The van der Waals surface area contributed by atoms with E-state index in [0.717, 1.165) is 28.4 Å². The van der Waals surface area contributed by atoms with Gasteiger partial charge in [-0.25, -0.2) is 0 Å². The van der Waals surface area contributed by atoms with E-state index in [4.69, 9.17) is 5.73 Å². The third-order valence-electron chi connectivity index (χ3n) is 3.20. The van der Waals surface area contributed by atoms with Crippen molar-refractivity contribution >= 4 is 23.1 Å². The van der Waals surface area contributed by atoms with E-state index in [0.29, 0.717) is 0 Å². The van der Waals surface area contributed by atoms with Crippen LogP contribution in [0.3, 0.4) is 0 Å². The van der Waals surface area contributed by atoms with Crippen molar-refractivity contribution in [2.45, 2.75) is 11.8 Å². The predicted octanol–water partition coefficient (Wildman–Crippen LogP) is 3.01. The Morgan fingerprint density at radius 2 is 1.79 bits per heavy atom. The molecule has 0 atom stereocenters. The fourth-order valence-electron chi connectivity index (χ4n) is 2.08. The third kappa shape index (κ3) is 1.96. The van der Waals surface area contributed by atoms with Gasteiger partial charge in [0, 0.05) is 16.2 Å². The van der Waals surface area contributed by atoms with Crippen molar-refractivity contribution in [3.05, 3.63) is 42.1 Å². The summed E-state index contributed by atoms with van der Waals surface area (Å²) in [5.41, 5.74) is 9.52. The third-order valence-corrected chi connectivity index (χ3v) is 3.95. The molecule has 0 aliphatic rings. The van der Waals surface area contributed by atoms with Gasteiger partial charge in [0.05, 0.1) is 5.69 Å². The molecule has 2 aromatic heterocycles. The maximum Gasteiger partial charge on any atom is 0.168 e. The molecule has 1 aromatic carbocycles. The molecule has 19 heavy (non-hydrogen) atoms. The molecule has 96 valence electrons. The summed E-state index contributed by atoms with van der Waals surface area (Å²) in [5, 5.41) is 8.47. The summed E-state index contributed by atoms with van der Waals surface area (Å²) < 4.78 is 1.99. The van der Waals surface area contributed by atoms with Crippen LogP contribution in [0.2, 0.25) is 0 Å². The van der Waals surface area contributed by atoms with Crippen LogP contribution in [0.25, 0.3) is 17.0 Å². The monoisotopic (exact) mass is 270 g/mol. The first-order chi connectivity index (χ1) is 9.20. The zero-order chi connectivity index (χ0) is 13.4. The summed E-state index contributed by atoms with van der Waals surface area (Å²) >= 11 is 1.72. The molecule has 0 radical (unpaired) electrons. The zero-order valence-electron chi connectivity index (χ0n) is 10.8. The smallest absolute Gasteiger partial charge is 0.168 e. The summed E-state index contributed by atoms with van der Waals surface area (Å²) in [4.78, 5) is 1.23. The standard InChI is InChI=1S/C14H14N4S/c1-9-12(15)7-8-13-16-17-14(18(9)13)10-3-5-11(19-2)6-4-10/h3-8H,15H2,1-2H3. The number of nitrogens with zero attached hydrogens (tertiary/aromatic N) is 3. The molecule has 0 aliphatic heterocycles. The number of nitrogen functional groups attached to an aromatic ring is 1. The van der Waals surface area contributed by atoms with Crippen molar-refractivity contribution in [2.75, 3.05) is 12.0 Å². The summed E-state index contributed by atoms with van der Waals surface area (Å²) in [6.45, 7) is 1.98. The Balaban J connectivity index is 2.21. The number of fused-ring (bicyclic) bond motifs is 1. The second-order valence-corrected chi connectivity index (χ2v) is 5.20. The van der Waals surface area contributed by atoms with Crippen molar-refractivity contribution < 1.29 is 0 Å². The van der Waals surface area contributed by atoms with E-state index in [-0.39, 0.29) is 0 Å². The molecule has 0 saturated carbocycles. The van der Waals surface area contributed by atoms with Gasteiger partial charge in [0.1, 0.15) is 0 Å². The van der Waals surface area contributed by atoms with Crippen molar-refractivity contribution in [1.29, 1.82) is 0 Å². The number of nitrogens with two attached hydrogens (primary N) is 1. The molecule has 0 amide bonds. The Morgan fingerprint density at radius 3 is 2.47 bits per heavy atom. The van der Waals surface area contributed by atoms with Crippen LogP contribution in [-0.2, 0) is 0 Å². The lowest BCUT2D eigenvalue weighted by Gasteiger charge is -2.06. The molecule has 2 N–H and O–H groups in total. The molecule has 5 heteroatoms. The van der Waals surface area contributed by atoms with E-state index >= 15 is 0 Å². The van der Waals surface area contributed by atoms with E-state index in [1.807, 2.05) is 23.5 Å². The van der Waals surface area contributed by atoms with Crippen LogP contribution in [-0.4, -0.2) is 20.9 Å². The van der Waals surface area contributed by atoms with Gasteiger partial charge in [-0.1, -0.05) is 12.1 Å². The maximum absolute atomic E-state index is 5.96. The minimum atomic E-state index is 0.745. The van der Waals surface area contributed by atoms with Crippen molar-refractivity contribution in [1.82, 2.24) is 14.6 Å².